The number of carbonyl (C=O) groups excluding carboxylic acids is 1. The van der Waals surface area contributed by atoms with Gasteiger partial charge in [-0.15, -0.1) is 0 Å². The number of nitrogens with zero attached hydrogens (tertiary/aromatic N) is 1. The highest BCUT2D eigenvalue weighted by Gasteiger charge is 2.26. The van der Waals surface area contributed by atoms with E-state index in [1.54, 1.807) is 0 Å². The van der Waals surface area contributed by atoms with E-state index in [4.69, 9.17) is 0 Å². The molecular formula is C29H43N3O2. The molecular weight excluding hydrogens is 422 g/mol. The fraction of sp³-hybridized carbons (Fsp3) is 0.552. The van der Waals surface area contributed by atoms with Crippen LogP contribution in [0.25, 0.3) is 0 Å². The second-order valence-electron chi connectivity index (χ2n) is 11.6. The minimum atomic E-state index is -0.152. The van der Waals surface area contributed by atoms with Crippen LogP contribution in [0, 0.1) is 0 Å². The topological polar surface area (TPSA) is 64.6 Å². The number of likely N-dealkylation sites (tertiary alicyclic amines) is 1. The van der Waals surface area contributed by atoms with Crippen molar-refractivity contribution >= 4 is 11.7 Å². The first-order chi connectivity index (χ1) is 15.9. The zero-order valence-corrected chi connectivity index (χ0v) is 21.9. The van der Waals surface area contributed by atoms with Gasteiger partial charge in [-0.3, -0.25) is 0 Å². The number of nitrogens with one attached hydrogen (secondary N) is 2. The average molecular weight is 466 g/mol. The van der Waals surface area contributed by atoms with Crippen molar-refractivity contribution in [1.82, 2.24) is 10.2 Å². The average Bonchev–Trinajstić information content (AvgIpc) is 3.25. The molecule has 0 spiro atoms. The lowest BCUT2D eigenvalue weighted by molar-refractivity contribution is 0.249. The molecule has 2 aromatic carbocycles. The van der Waals surface area contributed by atoms with Gasteiger partial charge in [0.25, 0.3) is 0 Å². The normalized spacial score (nSPS) is 14.9. The number of urea groups is 1. The smallest absolute Gasteiger partial charge is 0.319 e. The number of rotatable bonds is 7. The first kappa shape index (κ1) is 26.1. The van der Waals surface area contributed by atoms with Crippen LogP contribution in [0.5, 0.6) is 5.75 Å². The van der Waals surface area contributed by atoms with E-state index < -0.39 is 0 Å². The van der Waals surface area contributed by atoms with E-state index in [-0.39, 0.29) is 16.9 Å². The van der Waals surface area contributed by atoms with Crippen LogP contribution in [-0.4, -0.2) is 42.2 Å². The minimum absolute atomic E-state index is 0.146. The van der Waals surface area contributed by atoms with Crippen molar-refractivity contribution < 1.29 is 9.90 Å². The second kappa shape index (κ2) is 10.8. The molecule has 1 aliphatic heterocycles. The molecule has 0 bridgehead atoms. The molecule has 2 amide bonds. The van der Waals surface area contributed by atoms with Crippen LogP contribution in [-0.2, 0) is 23.7 Å². The number of aryl methyl sites for hydroxylation is 2. The molecule has 0 unspecified atom stereocenters. The standard InChI is InChI=1S/C29H43N3O2/c1-28(2,3)23-19-21(20-24(26(23)33)29(4,5)6)13-14-22-11-7-8-12-25(22)31-27(34)30-15-18-32-16-9-10-17-32/h7-8,11-12,19-20,33H,9-10,13-18H2,1-6H3,(H2,30,31,34). The van der Waals surface area contributed by atoms with Crippen LogP contribution in [0.4, 0.5) is 10.5 Å². The lowest BCUT2D eigenvalue weighted by Crippen LogP contribution is -2.36. The van der Waals surface area contributed by atoms with Crippen LogP contribution >= 0.6 is 0 Å². The third kappa shape index (κ3) is 6.99. The van der Waals surface area contributed by atoms with E-state index in [2.05, 4.69) is 75.3 Å². The summed E-state index contributed by atoms with van der Waals surface area (Å²) in [4.78, 5) is 14.9. The van der Waals surface area contributed by atoms with E-state index >= 15 is 0 Å². The summed E-state index contributed by atoms with van der Waals surface area (Å²) in [5, 5.41) is 17.0. The van der Waals surface area contributed by atoms with Gasteiger partial charge in [0.1, 0.15) is 5.75 Å². The number of hydrogen-bond acceptors (Lipinski definition) is 3. The third-order valence-corrected chi connectivity index (χ3v) is 6.65. The highest BCUT2D eigenvalue weighted by molar-refractivity contribution is 5.90. The molecule has 186 valence electrons. The number of amides is 2. The third-order valence-electron chi connectivity index (χ3n) is 6.65. The van der Waals surface area contributed by atoms with Crippen molar-refractivity contribution in [2.24, 2.45) is 0 Å². The molecule has 1 heterocycles. The molecule has 2 aromatic rings. The summed E-state index contributed by atoms with van der Waals surface area (Å²) in [5.41, 5.74) is 4.85. The highest BCUT2D eigenvalue weighted by Crippen LogP contribution is 2.40. The van der Waals surface area contributed by atoms with E-state index in [1.165, 1.54) is 18.4 Å². The molecule has 3 rings (SSSR count). The van der Waals surface area contributed by atoms with Crippen molar-refractivity contribution in [2.45, 2.75) is 78.1 Å². The van der Waals surface area contributed by atoms with Gasteiger partial charge in [0.05, 0.1) is 0 Å². The molecule has 0 aromatic heterocycles. The van der Waals surface area contributed by atoms with Crippen LogP contribution in [0.1, 0.15) is 76.6 Å². The number of anilines is 1. The van der Waals surface area contributed by atoms with Gasteiger partial charge in [0.2, 0.25) is 0 Å². The van der Waals surface area contributed by atoms with Crippen LogP contribution in [0.15, 0.2) is 36.4 Å². The Bertz CT molecular complexity index is 945. The summed E-state index contributed by atoms with van der Waals surface area (Å²) in [5.74, 6) is 0.413. The number of benzene rings is 2. The second-order valence-corrected chi connectivity index (χ2v) is 11.6. The Morgan fingerprint density at radius 3 is 2.12 bits per heavy atom. The largest absolute Gasteiger partial charge is 0.507 e. The number of aromatic hydroxyl groups is 1. The SMILES string of the molecule is CC(C)(C)c1cc(CCc2ccccc2NC(=O)NCCN2CCCC2)cc(C(C)(C)C)c1O. The van der Waals surface area contributed by atoms with Crippen molar-refractivity contribution in [2.75, 3.05) is 31.5 Å². The molecule has 1 aliphatic rings. The van der Waals surface area contributed by atoms with E-state index in [1.807, 2.05) is 18.2 Å². The molecule has 5 nitrogen and oxygen atoms in total. The Balaban J connectivity index is 1.69. The lowest BCUT2D eigenvalue weighted by atomic mass is 9.78. The summed E-state index contributed by atoms with van der Waals surface area (Å²) in [6.07, 6.45) is 4.16. The Kier molecular flexibility index (Phi) is 8.29. The van der Waals surface area contributed by atoms with Crippen molar-refractivity contribution in [3.63, 3.8) is 0 Å². The van der Waals surface area contributed by atoms with E-state index in [9.17, 15) is 9.90 Å². The van der Waals surface area contributed by atoms with Gasteiger partial charge in [-0.05, 0) is 77.9 Å². The maximum Gasteiger partial charge on any atom is 0.319 e. The minimum Gasteiger partial charge on any atom is -0.507 e. The lowest BCUT2D eigenvalue weighted by Gasteiger charge is -2.28. The van der Waals surface area contributed by atoms with Crippen LogP contribution in [0.3, 0.4) is 0 Å². The molecule has 1 fully saturated rings. The fourth-order valence-electron chi connectivity index (χ4n) is 4.62. The van der Waals surface area contributed by atoms with Gasteiger partial charge in [-0.2, -0.15) is 0 Å². The van der Waals surface area contributed by atoms with Gasteiger partial charge in [0.15, 0.2) is 0 Å². The molecule has 0 saturated carbocycles. The molecule has 0 atom stereocenters. The maximum atomic E-state index is 12.5. The van der Waals surface area contributed by atoms with Crippen molar-refractivity contribution in [1.29, 1.82) is 0 Å². The first-order valence-electron chi connectivity index (χ1n) is 12.7. The van der Waals surface area contributed by atoms with Gasteiger partial charge >= 0.3 is 6.03 Å². The molecule has 3 N–H and O–H groups in total. The van der Waals surface area contributed by atoms with Crippen molar-refractivity contribution in [3.05, 3.63) is 58.7 Å². The van der Waals surface area contributed by atoms with Crippen molar-refractivity contribution in [3.8, 4) is 5.75 Å². The van der Waals surface area contributed by atoms with Crippen LogP contribution in [0.2, 0.25) is 0 Å². The van der Waals surface area contributed by atoms with Gasteiger partial charge in [0, 0.05) is 18.8 Å². The summed E-state index contributed by atoms with van der Waals surface area (Å²) in [6, 6.07) is 12.2. The van der Waals surface area contributed by atoms with E-state index in [0.717, 1.165) is 54.9 Å². The summed E-state index contributed by atoms with van der Waals surface area (Å²) < 4.78 is 0. The summed E-state index contributed by atoms with van der Waals surface area (Å²) in [7, 11) is 0. The van der Waals surface area contributed by atoms with E-state index in [0.29, 0.717) is 12.3 Å². The number of para-hydroxylation sites is 1. The van der Waals surface area contributed by atoms with Gasteiger partial charge in [-0.1, -0.05) is 71.9 Å². The summed E-state index contributed by atoms with van der Waals surface area (Å²) in [6.45, 7) is 16.7. The quantitative estimate of drug-likeness (QED) is 0.471. The van der Waals surface area contributed by atoms with Crippen LogP contribution < -0.4 is 10.6 Å². The first-order valence-corrected chi connectivity index (χ1v) is 12.7. The highest BCUT2D eigenvalue weighted by atomic mass is 16.3. The molecule has 34 heavy (non-hydrogen) atoms. The fourth-order valence-corrected chi connectivity index (χ4v) is 4.62. The monoisotopic (exact) mass is 465 g/mol. The Morgan fingerprint density at radius 2 is 1.53 bits per heavy atom. The number of hydrogen-bond donors (Lipinski definition) is 3. The van der Waals surface area contributed by atoms with Gasteiger partial charge < -0.3 is 20.6 Å². The Morgan fingerprint density at radius 1 is 0.941 bits per heavy atom. The zero-order chi connectivity index (χ0) is 24.9. The molecule has 0 aliphatic carbocycles. The Hall–Kier alpha value is -2.53. The number of phenols is 1. The molecule has 0 radical (unpaired) electrons. The number of phenolic OH excluding ortho intramolecular Hbond substituents is 1. The van der Waals surface area contributed by atoms with Gasteiger partial charge in [-0.25, -0.2) is 4.79 Å². The Labute approximate surface area is 206 Å². The molecule has 1 saturated heterocycles. The summed E-state index contributed by atoms with van der Waals surface area (Å²) >= 11 is 0. The maximum absolute atomic E-state index is 12.5. The predicted octanol–water partition coefficient (Wildman–Crippen LogP) is 5.99. The predicted molar refractivity (Wildman–Crippen MR) is 142 cm³/mol. The molecule has 5 heteroatoms. The number of carbonyl (C=O) groups is 1. The zero-order valence-electron chi connectivity index (χ0n) is 21.9.